The topological polar surface area (TPSA) is 103 Å². The molecule has 1 atom stereocenters. The molecule has 0 radical (unpaired) electrons. The summed E-state index contributed by atoms with van der Waals surface area (Å²) in [7, 11) is 0. The van der Waals surface area contributed by atoms with Crippen molar-refractivity contribution in [3.05, 3.63) is 95.9 Å². The number of nitrogens with zero attached hydrogens (tertiary/aromatic N) is 2. The molecule has 7 nitrogen and oxygen atoms in total. The molecule has 0 bridgehead atoms. The number of H-pyrrole nitrogens is 1. The molecule has 0 aliphatic rings. The molecule has 0 saturated heterocycles. The number of aryl methyl sites for hydroxylation is 1. The predicted molar refractivity (Wildman–Crippen MR) is 120 cm³/mol. The molecule has 4 aromatic rings. The molecule has 2 aromatic heterocycles. The van der Waals surface area contributed by atoms with Gasteiger partial charge in [-0.25, -0.2) is 9.97 Å². The summed E-state index contributed by atoms with van der Waals surface area (Å²) >= 11 is 0. The maximum atomic E-state index is 12.7. The normalized spacial score (nSPS) is 11.7. The van der Waals surface area contributed by atoms with E-state index in [4.69, 9.17) is 0 Å². The highest BCUT2D eigenvalue weighted by molar-refractivity contribution is 5.94. The van der Waals surface area contributed by atoms with Crippen LogP contribution in [0.5, 0.6) is 0 Å². The van der Waals surface area contributed by atoms with Gasteiger partial charge in [-0.15, -0.1) is 0 Å². The second kappa shape index (κ2) is 9.23. The van der Waals surface area contributed by atoms with Crippen LogP contribution < -0.4 is 10.6 Å². The van der Waals surface area contributed by atoms with Gasteiger partial charge in [-0.05, 0) is 36.2 Å². The summed E-state index contributed by atoms with van der Waals surface area (Å²) in [6, 6.07) is 20.3. The van der Waals surface area contributed by atoms with Crippen LogP contribution in [0.3, 0.4) is 0 Å². The number of carbonyl (C=O) groups is 1. The lowest BCUT2D eigenvalue weighted by atomic mass is 10.1. The number of amides is 1. The van der Waals surface area contributed by atoms with E-state index >= 15 is 0 Å². The first-order valence-electron chi connectivity index (χ1n) is 9.95. The fourth-order valence-electron chi connectivity index (χ4n) is 3.26. The van der Waals surface area contributed by atoms with E-state index in [-0.39, 0.29) is 12.5 Å². The lowest BCUT2D eigenvalue weighted by Crippen LogP contribution is -2.30. The molecule has 1 amide bonds. The maximum absolute atomic E-state index is 12.7. The molecule has 4 rings (SSSR count). The average Bonchev–Trinajstić information content (AvgIpc) is 3.30. The van der Waals surface area contributed by atoms with Crippen LogP contribution >= 0.6 is 0 Å². The molecule has 7 heteroatoms. The summed E-state index contributed by atoms with van der Waals surface area (Å²) in [6.45, 7) is 1.73. The van der Waals surface area contributed by atoms with E-state index in [1.165, 1.54) is 0 Å². The minimum atomic E-state index is -0.483. The van der Waals surface area contributed by atoms with Gasteiger partial charge in [0.1, 0.15) is 5.69 Å². The molecule has 0 aliphatic heterocycles. The van der Waals surface area contributed by atoms with Crippen molar-refractivity contribution in [3.63, 3.8) is 0 Å². The van der Waals surface area contributed by atoms with Crippen LogP contribution in [0.25, 0.3) is 11.3 Å². The van der Waals surface area contributed by atoms with Crippen LogP contribution in [0, 0.1) is 6.92 Å². The van der Waals surface area contributed by atoms with Crippen LogP contribution in [-0.4, -0.2) is 32.6 Å². The van der Waals surface area contributed by atoms with E-state index in [0.29, 0.717) is 11.6 Å². The van der Waals surface area contributed by atoms with Gasteiger partial charge >= 0.3 is 0 Å². The van der Waals surface area contributed by atoms with Gasteiger partial charge in [0, 0.05) is 23.6 Å². The molecular weight excluding hydrogens is 390 g/mol. The summed E-state index contributed by atoms with van der Waals surface area (Å²) in [5.74, 6) is 0.173. The summed E-state index contributed by atoms with van der Waals surface area (Å²) in [5, 5.41) is 15.7. The number of aromatic amines is 1. The Bertz CT molecular complexity index is 1160. The molecule has 4 N–H and O–H groups in total. The minimum absolute atomic E-state index is 0.192. The fraction of sp³-hybridized carbons (Fsp3) is 0.125. The molecule has 31 heavy (non-hydrogen) atoms. The number of anilines is 2. The lowest BCUT2D eigenvalue weighted by Gasteiger charge is -2.16. The number of aromatic nitrogens is 3. The first-order chi connectivity index (χ1) is 15.1. The van der Waals surface area contributed by atoms with Crippen molar-refractivity contribution in [2.45, 2.75) is 13.0 Å². The number of hydrogen-bond acceptors (Lipinski definition) is 5. The third-order valence-corrected chi connectivity index (χ3v) is 4.89. The monoisotopic (exact) mass is 413 g/mol. The van der Waals surface area contributed by atoms with Crippen molar-refractivity contribution in [2.75, 3.05) is 11.9 Å². The van der Waals surface area contributed by atoms with E-state index in [0.717, 1.165) is 28.1 Å². The number of carbonyl (C=O) groups excluding carboxylic acids is 1. The SMILES string of the molecule is Cc1cnc(Nc2ccccc2)nc1-c1c[nH]c(C(=O)NC(CO)c2ccccc2)c1. The molecule has 0 aliphatic carbocycles. The Labute approximate surface area is 180 Å². The van der Waals surface area contributed by atoms with E-state index in [2.05, 4.69) is 25.6 Å². The molecule has 0 spiro atoms. The van der Waals surface area contributed by atoms with Crippen molar-refractivity contribution in [1.82, 2.24) is 20.3 Å². The highest BCUT2D eigenvalue weighted by Gasteiger charge is 2.17. The average molecular weight is 413 g/mol. The Morgan fingerprint density at radius 3 is 2.52 bits per heavy atom. The van der Waals surface area contributed by atoms with Crippen LogP contribution in [0.1, 0.15) is 27.7 Å². The highest BCUT2D eigenvalue weighted by Crippen LogP contribution is 2.24. The van der Waals surface area contributed by atoms with Gasteiger partial charge in [-0.1, -0.05) is 48.5 Å². The number of aliphatic hydroxyl groups excluding tert-OH is 1. The largest absolute Gasteiger partial charge is 0.394 e. The minimum Gasteiger partial charge on any atom is -0.394 e. The number of benzene rings is 2. The molecule has 1 unspecified atom stereocenters. The van der Waals surface area contributed by atoms with Crippen molar-refractivity contribution in [1.29, 1.82) is 0 Å². The second-order valence-electron chi connectivity index (χ2n) is 7.14. The zero-order valence-corrected chi connectivity index (χ0v) is 17.0. The fourth-order valence-corrected chi connectivity index (χ4v) is 3.26. The van der Waals surface area contributed by atoms with E-state index < -0.39 is 6.04 Å². The number of para-hydroxylation sites is 1. The zero-order valence-electron chi connectivity index (χ0n) is 17.0. The molecule has 2 aromatic carbocycles. The maximum Gasteiger partial charge on any atom is 0.268 e. The van der Waals surface area contributed by atoms with Crippen LogP contribution in [0.4, 0.5) is 11.6 Å². The number of nitrogens with one attached hydrogen (secondary N) is 3. The van der Waals surface area contributed by atoms with Gasteiger partial charge in [0.25, 0.3) is 5.91 Å². The molecule has 0 saturated carbocycles. The summed E-state index contributed by atoms with van der Waals surface area (Å²) in [4.78, 5) is 24.7. The molecule has 2 heterocycles. The number of aliphatic hydroxyl groups is 1. The Kier molecular flexibility index (Phi) is 6.05. The smallest absolute Gasteiger partial charge is 0.268 e. The summed E-state index contributed by atoms with van der Waals surface area (Å²) in [5.41, 5.74) is 4.52. The summed E-state index contributed by atoms with van der Waals surface area (Å²) in [6.07, 6.45) is 3.49. The first kappa shape index (κ1) is 20.3. The van der Waals surface area contributed by atoms with Crippen LogP contribution in [-0.2, 0) is 0 Å². The number of rotatable bonds is 7. The zero-order chi connectivity index (χ0) is 21.6. The van der Waals surface area contributed by atoms with Crippen LogP contribution in [0.2, 0.25) is 0 Å². The third-order valence-electron chi connectivity index (χ3n) is 4.89. The van der Waals surface area contributed by atoms with Gasteiger partial charge in [-0.3, -0.25) is 4.79 Å². The van der Waals surface area contributed by atoms with Crippen LogP contribution in [0.15, 0.2) is 79.1 Å². The Balaban J connectivity index is 1.53. The molecular formula is C24H23N5O2. The van der Waals surface area contributed by atoms with E-state index in [1.807, 2.05) is 67.6 Å². The lowest BCUT2D eigenvalue weighted by molar-refractivity contribution is 0.0912. The second-order valence-corrected chi connectivity index (χ2v) is 7.14. The highest BCUT2D eigenvalue weighted by atomic mass is 16.3. The van der Waals surface area contributed by atoms with Gasteiger partial charge in [0.2, 0.25) is 5.95 Å². The van der Waals surface area contributed by atoms with Crippen molar-refractivity contribution in [3.8, 4) is 11.3 Å². The van der Waals surface area contributed by atoms with Crippen molar-refractivity contribution < 1.29 is 9.90 Å². The van der Waals surface area contributed by atoms with Gasteiger partial charge in [0.15, 0.2) is 0 Å². The standard InChI is InChI=1S/C24H23N5O2/c1-16-13-26-24(27-19-10-6-3-7-11-19)29-22(16)18-12-20(25-14-18)23(31)28-21(15-30)17-8-4-2-5-9-17/h2-14,21,25,30H,15H2,1H3,(H,28,31)(H,26,27,29). The van der Waals surface area contributed by atoms with Gasteiger partial charge in [-0.2, -0.15) is 0 Å². The predicted octanol–water partition coefficient (Wildman–Crippen LogP) is 3.99. The van der Waals surface area contributed by atoms with Crippen molar-refractivity contribution >= 4 is 17.5 Å². The first-order valence-corrected chi connectivity index (χ1v) is 9.95. The Morgan fingerprint density at radius 2 is 1.81 bits per heavy atom. The van der Waals surface area contributed by atoms with E-state index in [1.54, 1.807) is 18.5 Å². The molecule has 156 valence electrons. The van der Waals surface area contributed by atoms with Gasteiger partial charge in [0.05, 0.1) is 18.3 Å². The van der Waals surface area contributed by atoms with Gasteiger partial charge < -0.3 is 20.7 Å². The Morgan fingerprint density at radius 1 is 1.10 bits per heavy atom. The summed E-state index contributed by atoms with van der Waals surface area (Å²) < 4.78 is 0. The Hall–Kier alpha value is -3.97. The molecule has 0 fully saturated rings. The quantitative estimate of drug-likeness (QED) is 0.367. The van der Waals surface area contributed by atoms with E-state index in [9.17, 15) is 9.90 Å². The third kappa shape index (κ3) is 4.79. The van der Waals surface area contributed by atoms with Crippen molar-refractivity contribution in [2.24, 2.45) is 0 Å². The number of hydrogen-bond donors (Lipinski definition) is 4.